The van der Waals surface area contributed by atoms with Crippen molar-refractivity contribution in [2.45, 2.75) is 13.5 Å². The molecule has 0 saturated carbocycles. The van der Waals surface area contributed by atoms with Crippen molar-refractivity contribution in [2.75, 3.05) is 31.2 Å². The first-order valence-electron chi connectivity index (χ1n) is 9.00. The molecule has 1 saturated heterocycles. The van der Waals surface area contributed by atoms with Crippen molar-refractivity contribution in [3.05, 3.63) is 59.5 Å². The second kappa shape index (κ2) is 7.67. The van der Waals surface area contributed by atoms with Crippen LogP contribution in [0.2, 0.25) is 0 Å². The molecule has 1 aromatic carbocycles. The Morgan fingerprint density at radius 1 is 1.11 bits per heavy atom. The number of pyridine rings is 1. The summed E-state index contributed by atoms with van der Waals surface area (Å²) in [7, 11) is 0. The minimum absolute atomic E-state index is 0.218. The van der Waals surface area contributed by atoms with Gasteiger partial charge >= 0.3 is 0 Å². The molecule has 138 valence electrons. The van der Waals surface area contributed by atoms with Crippen LogP contribution >= 0.6 is 0 Å². The number of nitrogens with one attached hydrogen (secondary N) is 1. The van der Waals surface area contributed by atoms with E-state index in [1.54, 1.807) is 6.07 Å². The van der Waals surface area contributed by atoms with Crippen LogP contribution in [0.3, 0.4) is 0 Å². The molecule has 1 aliphatic heterocycles. The second-order valence-electron chi connectivity index (χ2n) is 6.47. The van der Waals surface area contributed by atoms with Crippen LogP contribution in [-0.4, -0.2) is 47.2 Å². The average Bonchev–Trinajstić information content (AvgIpc) is 2.72. The summed E-state index contributed by atoms with van der Waals surface area (Å²) >= 11 is 0. The number of carbonyl (C=O) groups excluding carboxylic acids is 1. The average molecular weight is 363 g/mol. The van der Waals surface area contributed by atoms with Crippen molar-refractivity contribution >= 4 is 22.8 Å². The lowest BCUT2D eigenvalue weighted by atomic mass is 10.2. The Morgan fingerprint density at radius 2 is 1.93 bits per heavy atom. The molecule has 1 N–H and O–H groups in total. The number of rotatable bonds is 4. The molecule has 4 rings (SSSR count). The number of aryl methyl sites for hydroxylation is 1. The van der Waals surface area contributed by atoms with E-state index in [1.165, 1.54) is 0 Å². The van der Waals surface area contributed by atoms with E-state index in [-0.39, 0.29) is 5.91 Å². The highest BCUT2D eigenvalue weighted by Gasteiger charge is 2.15. The molecule has 3 heterocycles. The standard InChI is InChI=1S/C20H21N5O2/c1-14-12-16(23-20(22-14)25-8-10-27-11-9-25)13-21-19(26)18-7-6-15-4-2-3-5-17(15)24-18/h2-7,12H,8-11,13H2,1H3,(H,21,26). The summed E-state index contributed by atoms with van der Waals surface area (Å²) in [6.07, 6.45) is 0. The van der Waals surface area contributed by atoms with Gasteiger partial charge in [-0.25, -0.2) is 15.0 Å². The van der Waals surface area contributed by atoms with E-state index in [4.69, 9.17) is 4.74 Å². The molecule has 0 aliphatic carbocycles. The molecule has 0 atom stereocenters. The van der Waals surface area contributed by atoms with E-state index < -0.39 is 0 Å². The Bertz CT molecular complexity index is 969. The molecule has 0 unspecified atom stereocenters. The van der Waals surface area contributed by atoms with Crippen LogP contribution in [0.1, 0.15) is 21.9 Å². The van der Waals surface area contributed by atoms with Crippen molar-refractivity contribution in [3.8, 4) is 0 Å². The Kier molecular flexibility index (Phi) is 4.93. The van der Waals surface area contributed by atoms with Crippen LogP contribution < -0.4 is 10.2 Å². The highest BCUT2D eigenvalue weighted by molar-refractivity contribution is 5.94. The largest absolute Gasteiger partial charge is 0.378 e. The van der Waals surface area contributed by atoms with Gasteiger partial charge in [0.2, 0.25) is 5.95 Å². The lowest BCUT2D eigenvalue weighted by Crippen LogP contribution is -2.37. The topological polar surface area (TPSA) is 80.2 Å². The van der Waals surface area contributed by atoms with Crippen molar-refractivity contribution in [1.82, 2.24) is 20.3 Å². The fraction of sp³-hybridized carbons (Fsp3) is 0.300. The van der Waals surface area contributed by atoms with Gasteiger partial charge < -0.3 is 15.0 Å². The number of aromatic nitrogens is 3. The maximum absolute atomic E-state index is 12.5. The monoisotopic (exact) mass is 363 g/mol. The zero-order valence-electron chi connectivity index (χ0n) is 15.2. The number of benzene rings is 1. The maximum Gasteiger partial charge on any atom is 0.270 e. The number of morpholine rings is 1. The van der Waals surface area contributed by atoms with Crippen LogP contribution in [-0.2, 0) is 11.3 Å². The molecule has 7 nitrogen and oxygen atoms in total. The smallest absolute Gasteiger partial charge is 0.270 e. The first-order chi connectivity index (χ1) is 13.2. The Balaban J connectivity index is 1.47. The number of fused-ring (bicyclic) bond motifs is 1. The van der Waals surface area contributed by atoms with Crippen molar-refractivity contribution < 1.29 is 9.53 Å². The van der Waals surface area contributed by atoms with Crippen LogP contribution in [0.15, 0.2) is 42.5 Å². The Morgan fingerprint density at radius 3 is 2.78 bits per heavy atom. The van der Waals surface area contributed by atoms with Crippen LogP contribution in [0.4, 0.5) is 5.95 Å². The number of hydrogen-bond donors (Lipinski definition) is 1. The molecular weight excluding hydrogens is 342 g/mol. The summed E-state index contributed by atoms with van der Waals surface area (Å²) in [5.41, 5.74) is 2.85. The van der Waals surface area contributed by atoms with Crippen molar-refractivity contribution in [1.29, 1.82) is 0 Å². The number of carbonyl (C=O) groups is 1. The number of anilines is 1. The van der Waals surface area contributed by atoms with Gasteiger partial charge in [-0.15, -0.1) is 0 Å². The van der Waals surface area contributed by atoms with E-state index >= 15 is 0 Å². The highest BCUT2D eigenvalue weighted by Crippen LogP contribution is 2.13. The van der Waals surface area contributed by atoms with Gasteiger partial charge in [0.1, 0.15) is 5.69 Å². The Hall–Kier alpha value is -3.06. The predicted molar refractivity (Wildman–Crippen MR) is 103 cm³/mol. The molecule has 3 aromatic rings. The molecule has 2 aromatic heterocycles. The fourth-order valence-corrected chi connectivity index (χ4v) is 3.07. The predicted octanol–water partition coefficient (Wildman–Crippen LogP) is 2.10. The minimum atomic E-state index is -0.218. The molecule has 1 fully saturated rings. The zero-order chi connectivity index (χ0) is 18.6. The molecule has 27 heavy (non-hydrogen) atoms. The lowest BCUT2D eigenvalue weighted by Gasteiger charge is -2.27. The summed E-state index contributed by atoms with van der Waals surface area (Å²) in [6.45, 7) is 5.16. The summed E-state index contributed by atoms with van der Waals surface area (Å²) in [6, 6.07) is 13.3. The van der Waals surface area contributed by atoms with Gasteiger partial charge in [-0.3, -0.25) is 4.79 Å². The number of hydrogen-bond acceptors (Lipinski definition) is 6. The van der Waals surface area contributed by atoms with E-state index in [2.05, 4.69) is 25.2 Å². The van der Waals surface area contributed by atoms with Gasteiger partial charge in [0.05, 0.1) is 31.0 Å². The van der Waals surface area contributed by atoms with E-state index in [0.29, 0.717) is 31.4 Å². The molecule has 0 radical (unpaired) electrons. The van der Waals surface area contributed by atoms with Crippen LogP contribution in [0.25, 0.3) is 10.9 Å². The van der Waals surface area contributed by atoms with E-state index in [1.807, 2.05) is 43.3 Å². The summed E-state index contributed by atoms with van der Waals surface area (Å²) in [5.74, 6) is 0.469. The molecule has 1 aliphatic rings. The number of ether oxygens (including phenoxy) is 1. The van der Waals surface area contributed by atoms with Gasteiger partial charge in [0, 0.05) is 24.2 Å². The van der Waals surface area contributed by atoms with Gasteiger partial charge in [-0.05, 0) is 25.1 Å². The Labute approximate surface area is 157 Å². The molecular formula is C20H21N5O2. The van der Waals surface area contributed by atoms with Crippen molar-refractivity contribution in [3.63, 3.8) is 0 Å². The molecule has 0 bridgehead atoms. The normalized spacial score (nSPS) is 14.3. The van der Waals surface area contributed by atoms with Gasteiger partial charge in [-0.2, -0.15) is 0 Å². The third kappa shape index (κ3) is 4.03. The minimum Gasteiger partial charge on any atom is -0.378 e. The highest BCUT2D eigenvalue weighted by atomic mass is 16.5. The van der Waals surface area contributed by atoms with E-state index in [0.717, 1.165) is 35.4 Å². The molecule has 7 heteroatoms. The first kappa shape index (κ1) is 17.4. The molecule has 0 spiro atoms. The lowest BCUT2D eigenvalue weighted by molar-refractivity contribution is 0.0945. The van der Waals surface area contributed by atoms with E-state index in [9.17, 15) is 4.79 Å². The third-order valence-electron chi connectivity index (χ3n) is 4.45. The fourth-order valence-electron chi connectivity index (χ4n) is 3.07. The first-order valence-corrected chi connectivity index (χ1v) is 9.00. The maximum atomic E-state index is 12.5. The number of para-hydroxylation sites is 1. The van der Waals surface area contributed by atoms with Gasteiger partial charge in [-0.1, -0.05) is 24.3 Å². The third-order valence-corrected chi connectivity index (χ3v) is 4.45. The quantitative estimate of drug-likeness (QED) is 0.765. The number of amides is 1. The summed E-state index contributed by atoms with van der Waals surface area (Å²) in [4.78, 5) is 28.1. The molecule has 1 amide bonds. The van der Waals surface area contributed by atoms with Crippen LogP contribution in [0.5, 0.6) is 0 Å². The summed E-state index contributed by atoms with van der Waals surface area (Å²) in [5, 5.41) is 3.91. The van der Waals surface area contributed by atoms with Crippen molar-refractivity contribution in [2.24, 2.45) is 0 Å². The number of nitrogens with zero attached hydrogens (tertiary/aromatic N) is 4. The van der Waals surface area contributed by atoms with Crippen LogP contribution in [0, 0.1) is 6.92 Å². The van der Waals surface area contributed by atoms with Gasteiger partial charge in [0.15, 0.2) is 0 Å². The van der Waals surface area contributed by atoms with Gasteiger partial charge in [0.25, 0.3) is 5.91 Å². The summed E-state index contributed by atoms with van der Waals surface area (Å²) < 4.78 is 5.38. The zero-order valence-corrected chi connectivity index (χ0v) is 15.2. The second-order valence-corrected chi connectivity index (χ2v) is 6.47. The SMILES string of the molecule is Cc1cc(CNC(=O)c2ccc3ccccc3n2)nc(N2CCOCC2)n1.